The summed E-state index contributed by atoms with van der Waals surface area (Å²) in [5, 5.41) is 27.1. The summed E-state index contributed by atoms with van der Waals surface area (Å²) in [6.07, 6.45) is 2.04. The highest BCUT2D eigenvalue weighted by atomic mass is 35.5. The van der Waals surface area contributed by atoms with Crippen molar-refractivity contribution in [1.29, 1.82) is 0 Å². The number of halogens is 1. The van der Waals surface area contributed by atoms with Gasteiger partial charge in [0.05, 0.1) is 22.5 Å². The molecule has 2 aromatic rings. The van der Waals surface area contributed by atoms with E-state index in [1.54, 1.807) is 6.20 Å². The third-order valence-electron chi connectivity index (χ3n) is 2.30. The van der Waals surface area contributed by atoms with E-state index in [-0.39, 0.29) is 17.3 Å². The average molecular weight is 269 g/mol. The molecule has 8 heteroatoms. The fraction of sp³-hybridized carbons (Fsp3) is 0.200. The van der Waals surface area contributed by atoms with Gasteiger partial charge in [0.1, 0.15) is 5.02 Å². The van der Waals surface area contributed by atoms with Crippen molar-refractivity contribution in [3.05, 3.63) is 45.2 Å². The van der Waals surface area contributed by atoms with Gasteiger partial charge in [0.15, 0.2) is 0 Å². The molecule has 2 rings (SSSR count). The van der Waals surface area contributed by atoms with Gasteiger partial charge >= 0.3 is 0 Å². The Kier molecular flexibility index (Phi) is 3.54. The van der Waals surface area contributed by atoms with Crippen LogP contribution in [0.15, 0.2) is 24.4 Å². The highest BCUT2D eigenvalue weighted by Crippen LogP contribution is 2.26. The van der Waals surface area contributed by atoms with Crippen molar-refractivity contribution in [2.45, 2.75) is 6.42 Å². The highest BCUT2D eigenvalue weighted by molar-refractivity contribution is 6.32. The fourth-order valence-corrected chi connectivity index (χ4v) is 1.68. The van der Waals surface area contributed by atoms with Gasteiger partial charge in [-0.25, -0.2) is 4.68 Å². The molecule has 7 nitrogen and oxygen atoms in total. The van der Waals surface area contributed by atoms with E-state index < -0.39 is 4.92 Å². The van der Waals surface area contributed by atoms with Crippen molar-refractivity contribution in [2.24, 2.45) is 0 Å². The summed E-state index contributed by atoms with van der Waals surface area (Å²) in [4.78, 5) is 10.1. The van der Waals surface area contributed by atoms with Crippen LogP contribution >= 0.6 is 11.6 Å². The summed E-state index contributed by atoms with van der Waals surface area (Å²) in [6.45, 7) is -0.0142. The maximum absolute atomic E-state index is 10.6. The van der Waals surface area contributed by atoms with Crippen LogP contribution in [0.5, 0.6) is 0 Å². The van der Waals surface area contributed by atoms with Gasteiger partial charge in [0, 0.05) is 19.1 Å². The number of aliphatic hydroxyl groups excluding tert-OH is 1. The Morgan fingerprint density at radius 3 is 2.89 bits per heavy atom. The van der Waals surface area contributed by atoms with Gasteiger partial charge in [0.2, 0.25) is 0 Å². The van der Waals surface area contributed by atoms with E-state index in [9.17, 15) is 10.1 Å². The number of nitrogens with zero attached hydrogens (tertiary/aromatic N) is 4. The van der Waals surface area contributed by atoms with Gasteiger partial charge in [-0.1, -0.05) is 16.8 Å². The molecule has 1 aromatic heterocycles. The summed E-state index contributed by atoms with van der Waals surface area (Å²) < 4.78 is 1.45. The Labute approximate surface area is 107 Å². The summed E-state index contributed by atoms with van der Waals surface area (Å²) in [5.41, 5.74) is 1.05. The molecule has 0 bridgehead atoms. The van der Waals surface area contributed by atoms with Crippen LogP contribution in [0, 0.1) is 10.1 Å². The molecule has 0 atom stereocenters. The van der Waals surface area contributed by atoms with E-state index in [0.717, 1.165) is 0 Å². The lowest BCUT2D eigenvalue weighted by Crippen LogP contribution is -1.96. The molecule has 0 radical (unpaired) electrons. The van der Waals surface area contributed by atoms with E-state index in [1.807, 2.05) is 0 Å². The lowest BCUT2D eigenvalue weighted by molar-refractivity contribution is -0.384. The number of rotatable bonds is 4. The van der Waals surface area contributed by atoms with E-state index in [1.165, 1.54) is 22.9 Å². The average Bonchev–Trinajstić information content (AvgIpc) is 2.77. The summed E-state index contributed by atoms with van der Waals surface area (Å²) >= 11 is 5.80. The molecule has 0 spiro atoms. The Morgan fingerprint density at radius 1 is 1.50 bits per heavy atom. The molecule has 0 unspecified atom stereocenters. The van der Waals surface area contributed by atoms with Crippen molar-refractivity contribution in [1.82, 2.24) is 15.0 Å². The van der Waals surface area contributed by atoms with Gasteiger partial charge in [-0.15, -0.1) is 5.10 Å². The zero-order chi connectivity index (χ0) is 13.1. The van der Waals surface area contributed by atoms with Crippen molar-refractivity contribution in [2.75, 3.05) is 6.61 Å². The van der Waals surface area contributed by atoms with Crippen LogP contribution in [0.1, 0.15) is 5.69 Å². The quantitative estimate of drug-likeness (QED) is 0.667. The number of benzene rings is 1. The first-order chi connectivity index (χ1) is 8.61. The van der Waals surface area contributed by atoms with Crippen LogP contribution < -0.4 is 0 Å². The van der Waals surface area contributed by atoms with Crippen molar-refractivity contribution >= 4 is 17.3 Å². The van der Waals surface area contributed by atoms with Crippen LogP contribution in [-0.2, 0) is 6.42 Å². The minimum Gasteiger partial charge on any atom is -0.396 e. The third-order valence-corrected chi connectivity index (χ3v) is 2.60. The Bertz CT molecular complexity index is 584. The van der Waals surface area contributed by atoms with Gasteiger partial charge in [-0.2, -0.15) is 0 Å². The van der Waals surface area contributed by atoms with Crippen molar-refractivity contribution in [3.8, 4) is 5.69 Å². The Hall–Kier alpha value is -1.99. The number of aromatic nitrogens is 3. The Morgan fingerprint density at radius 2 is 2.28 bits per heavy atom. The number of aliphatic hydroxyl groups is 1. The minimum atomic E-state index is -0.551. The number of nitro benzene ring substituents is 1. The first-order valence-corrected chi connectivity index (χ1v) is 5.46. The van der Waals surface area contributed by atoms with E-state index in [0.29, 0.717) is 17.8 Å². The molecule has 0 aliphatic carbocycles. The molecule has 0 amide bonds. The third kappa shape index (κ3) is 2.47. The molecule has 0 fully saturated rings. The van der Waals surface area contributed by atoms with Crippen LogP contribution in [0.3, 0.4) is 0 Å². The molecule has 94 valence electrons. The van der Waals surface area contributed by atoms with Gasteiger partial charge in [-0.05, 0) is 12.1 Å². The van der Waals surface area contributed by atoms with E-state index >= 15 is 0 Å². The molecule has 0 saturated heterocycles. The molecule has 1 N–H and O–H groups in total. The molecule has 18 heavy (non-hydrogen) atoms. The Balaban J connectivity index is 2.33. The van der Waals surface area contributed by atoms with Gasteiger partial charge < -0.3 is 5.11 Å². The largest absolute Gasteiger partial charge is 0.396 e. The lowest BCUT2D eigenvalue weighted by Gasteiger charge is -2.01. The molecule has 1 aromatic carbocycles. The zero-order valence-electron chi connectivity index (χ0n) is 9.15. The summed E-state index contributed by atoms with van der Waals surface area (Å²) in [5.74, 6) is 0. The topological polar surface area (TPSA) is 94.1 Å². The number of hydrogen-bond donors (Lipinski definition) is 1. The van der Waals surface area contributed by atoms with E-state index in [4.69, 9.17) is 16.7 Å². The van der Waals surface area contributed by atoms with E-state index in [2.05, 4.69) is 10.3 Å². The van der Waals surface area contributed by atoms with Crippen LogP contribution in [0.25, 0.3) is 5.69 Å². The van der Waals surface area contributed by atoms with Crippen molar-refractivity contribution < 1.29 is 10.0 Å². The predicted octanol–water partition coefficient (Wildman–Crippen LogP) is 1.36. The number of nitro groups is 1. The highest BCUT2D eigenvalue weighted by Gasteiger charge is 2.13. The van der Waals surface area contributed by atoms with Gasteiger partial charge in [0.25, 0.3) is 5.69 Å². The maximum atomic E-state index is 10.6. The van der Waals surface area contributed by atoms with Crippen LogP contribution in [0.4, 0.5) is 5.69 Å². The normalized spacial score (nSPS) is 10.6. The zero-order valence-corrected chi connectivity index (χ0v) is 9.91. The maximum Gasteiger partial charge on any atom is 0.288 e. The molecule has 0 aliphatic rings. The molecule has 0 saturated carbocycles. The van der Waals surface area contributed by atoms with Crippen molar-refractivity contribution in [3.63, 3.8) is 0 Å². The number of hydrogen-bond acceptors (Lipinski definition) is 5. The smallest absolute Gasteiger partial charge is 0.288 e. The summed E-state index contributed by atoms with van der Waals surface area (Å²) in [6, 6.07) is 4.28. The predicted molar refractivity (Wildman–Crippen MR) is 63.8 cm³/mol. The molecular weight excluding hydrogens is 260 g/mol. The monoisotopic (exact) mass is 268 g/mol. The van der Waals surface area contributed by atoms with Crippen LogP contribution in [-0.4, -0.2) is 31.6 Å². The second-order valence-corrected chi connectivity index (χ2v) is 3.93. The minimum absolute atomic E-state index is 0.0142. The molecule has 0 aliphatic heterocycles. The first kappa shape index (κ1) is 12.5. The first-order valence-electron chi connectivity index (χ1n) is 5.08. The molecule has 1 heterocycles. The second kappa shape index (κ2) is 5.11. The molecular formula is C10H9ClN4O3. The SMILES string of the molecule is O=[N+]([O-])c1ccc(-n2cc(CCO)nn2)cc1Cl. The standard InChI is InChI=1S/C10H9ClN4O3/c11-9-5-8(1-2-10(9)15(17)18)14-6-7(3-4-16)12-13-14/h1-2,5-6,16H,3-4H2. The lowest BCUT2D eigenvalue weighted by atomic mass is 10.3. The van der Waals surface area contributed by atoms with Crippen LogP contribution in [0.2, 0.25) is 5.02 Å². The fourth-order valence-electron chi connectivity index (χ4n) is 1.44. The van der Waals surface area contributed by atoms with Gasteiger partial charge in [-0.3, -0.25) is 10.1 Å². The summed E-state index contributed by atoms with van der Waals surface area (Å²) in [7, 11) is 0. The second-order valence-electron chi connectivity index (χ2n) is 3.52.